The fourth-order valence-corrected chi connectivity index (χ4v) is 2.56. The van der Waals surface area contributed by atoms with E-state index in [9.17, 15) is 13.2 Å². The molecule has 6 nitrogen and oxygen atoms in total. The zero-order chi connectivity index (χ0) is 15.0. The van der Waals surface area contributed by atoms with Gasteiger partial charge in [0, 0.05) is 32.2 Å². The van der Waals surface area contributed by atoms with Crippen LogP contribution in [0.15, 0.2) is 29.2 Å². The van der Waals surface area contributed by atoms with E-state index in [0.29, 0.717) is 0 Å². The van der Waals surface area contributed by atoms with Crippen molar-refractivity contribution in [2.24, 2.45) is 0 Å². The van der Waals surface area contributed by atoms with Crippen LogP contribution in [0.3, 0.4) is 0 Å². The Morgan fingerprint density at radius 3 is 2.30 bits per heavy atom. The van der Waals surface area contributed by atoms with Gasteiger partial charge in [-0.1, -0.05) is 6.92 Å². The minimum absolute atomic E-state index is 0.164. The van der Waals surface area contributed by atoms with Crippen molar-refractivity contribution in [3.63, 3.8) is 0 Å². The molecule has 1 amide bonds. The summed E-state index contributed by atoms with van der Waals surface area (Å²) in [5.74, 6) is -0.185. The molecule has 0 aliphatic carbocycles. The van der Waals surface area contributed by atoms with Crippen molar-refractivity contribution in [3.8, 4) is 0 Å². The van der Waals surface area contributed by atoms with E-state index < -0.39 is 10.0 Å². The van der Waals surface area contributed by atoms with Gasteiger partial charge < -0.3 is 10.6 Å². The predicted molar refractivity (Wildman–Crippen MR) is 79.1 cm³/mol. The lowest BCUT2D eigenvalue weighted by atomic mass is 10.3. The Bertz CT molecular complexity index is 526. The number of carbonyl (C=O) groups is 1. The summed E-state index contributed by atoms with van der Waals surface area (Å²) in [5.41, 5.74) is 0.893. The molecule has 0 saturated heterocycles. The number of nitrogens with one attached hydrogen (secondary N) is 3. The number of rotatable bonds is 8. The van der Waals surface area contributed by atoms with Crippen LogP contribution in [0.25, 0.3) is 0 Å². The van der Waals surface area contributed by atoms with Gasteiger partial charge in [0.25, 0.3) is 0 Å². The molecule has 0 unspecified atom stereocenters. The quantitative estimate of drug-likeness (QED) is 0.623. The number of benzene rings is 1. The Labute approximate surface area is 120 Å². The van der Waals surface area contributed by atoms with Crippen LogP contribution in [0.1, 0.15) is 20.3 Å². The number of amides is 1. The average Bonchev–Trinajstić information content (AvgIpc) is 2.42. The predicted octanol–water partition coefficient (Wildman–Crippen LogP) is 0.923. The van der Waals surface area contributed by atoms with Crippen LogP contribution in [0, 0.1) is 0 Å². The molecule has 1 aromatic carbocycles. The normalized spacial score (nSPS) is 11.1. The average molecular weight is 299 g/mol. The highest BCUT2D eigenvalue weighted by atomic mass is 32.2. The second-order valence-electron chi connectivity index (χ2n) is 4.33. The topological polar surface area (TPSA) is 87.3 Å². The fraction of sp³-hybridized carbons (Fsp3) is 0.462. The van der Waals surface area contributed by atoms with Crippen LogP contribution < -0.4 is 15.4 Å². The van der Waals surface area contributed by atoms with Crippen molar-refractivity contribution in [2.45, 2.75) is 25.2 Å². The highest BCUT2D eigenvalue weighted by Crippen LogP contribution is 2.13. The molecule has 112 valence electrons. The Kier molecular flexibility index (Phi) is 6.47. The molecule has 1 aromatic rings. The van der Waals surface area contributed by atoms with Crippen LogP contribution in [-0.2, 0) is 14.8 Å². The summed E-state index contributed by atoms with van der Waals surface area (Å²) < 4.78 is 26.3. The van der Waals surface area contributed by atoms with Crippen molar-refractivity contribution >= 4 is 21.6 Å². The van der Waals surface area contributed by atoms with Crippen LogP contribution >= 0.6 is 0 Å². The second-order valence-corrected chi connectivity index (χ2v) is 6.10. The van der Waals surface area contributed by atoms with E-state index >= 15 is 0 Å². The standard InChI is InChI=1S/C13H21N3O3S/c1-3-8-15-12-4-6-13(7-5-12)20(18,19)16-10-9-14-11(2)17/h4-7,15-16H,3,8-10H2,1-2H3,(H,14,17). The van der Waals surface area contributed by atoms with E-state index in [1.165, 1.54) is 6.92 Å². The first-order valence-electron chi connectivity index (χ1n) is 6.53. The number of carbonyl (C=O) groups excluding carboxylic acids is 1. The zero-order valence-corrected chi connectivity index (χ0v) is 12.6. The molecule has 3 N–H and O–H groups in total. The molecular weight excluding hydrogens is 278 g/mol. The van der Waals surface area contributed by atoms with Gasteiger partial charge in [0.05, 0.1) is 4.90 Å². The lowest BCUT2D eigenvalue weighted by molar-refractivity contribution is -0.118. The van der Waals surface area contributed by atoms with Crippen LogP contribution in [0.4, 0.5) is 5.69 Å². The van der Waals surface area contributed by atoms with E-state index in [1.54, 1.807) is 24.3 Å². The Balaban J connectivity index is 2.56. The van der Waals surface area contributed by atoms with Crippen LogP contribution in [-0.4, -0.2) is 34.0 Å². The molecule has 1 rings (SSSR count). The molecule has 0 bridgehead atoms. The van der Waals surface area contributed by atoms with E-state index in [-0.39, 0.29) is 23.9 Å². The van der Waals surface area contributed by atoms with Gasteiger partial charge in [-0.3, -0.25) is 4.79 Å². The van der Waals surface area contributed by atoms with E-state index in [2.05, 4.69) is 22.3 Å². The molecular formula is C13H21N3O3S. The van der Waals surface area contributed by atoms with E-state index in [1.807, 2.05) is 0 Å². The maximum absolute atomic E-state index is 12.0. The molecule has 0 radical (unpaired) electrons. The van der Waals surface area contributed by atoms with Gasteiger partial charge in [-0.25, -0.2) is 13.1 Å². The first-order valence-corrected chi connectivity index (χ1v) is 8.02. The number of anilines is 1. The molecule has 0 aromatic heterocycles. The van der Waals surface area contributed by atoms with Crippen molar-refractivity contribution in [1.29, 1.82) is 0 Å². The summed E-state index contributed by atoms with van der Waals surface area (Å²) in [6.45, 7) is 4.73. The third-order valence-corrected chi connectivity index (χ3v) is 4.01. The summed E-state index contributed by atoms with van der Waals surface area (Å²) in [6, 6.07) is 6.58. The van der Waals surface area contributed by atoms with Crippen molar-refractivity contribution in [1.82, 2.24) is 10.0 Å². The molecule has 0 aliphatic heterocycles. The molecule has 0 heterocycles. The maximum atomic E-state index is 12.0. The molecule has 0 spiro atoms. The zero-order valence-electron chi connectivity index (χ0n) is 11.8. The smallest absolute Gasteiger partial charge is 0.240 e. The molecule has 0 atom stereocenters. The largest absolute Gasteiger partial charge is 0.385 e. The Hall–Kier alpha value is -1.60. The minimum atomic E-state index is -3.52. The first kappa shape index (κ1) is 16.5. The van der Waals surface area contributed by atoms with Gasteiger partial charge in [-0.2, -0.15) is 0 Å². The lowest BCUT2D eigenvalue weighted by Crippen LogP contribution is -2.33. The van der Waals surface area contributed by atoms with Crippen molar-refractivity contribution in [3.05, 3.63) is 24.3 Å². The Morgan fingerprint density at radius 1 is 1.10 bits per heavy atom. The Morgan fingerprint density at radius 2 is 1.75 bits per heavy atom. The van der Waals surface area contributed by atoms with Crippen LogP contribution in [0.2, 0.25) is 0 Å². The van der Waals surface area contributed by atoms with Crippen molar-refractivity contribution in [2.75, 3.05) is 25.0 Å². The van der Waals surface area contributed by atoms with Gasteiger partial charge in [-0.05, 0) is 30.7 Å². The third kappa shape index (κ3) is 5.58. The summed E-state index contributed by atoms with van der Waals surface area (Å²) in [4.78, 5) is 10.9. The van der Waals surface area contributed by atoms with E-state index in [0.717, 1.165) is 18.7 Å². The minimum Gasteiger partial charge on any atom is -0.385 e. The molecule has 20 heavy (non-hydrogen) atoms. The SMILES string of the molecule is CCCNc1ccc(S(=O)(=O)NCCNC(C)=O)cc1. The summed E-state index contributed by atoms with van der Waals surface area (Å²) in [7, 11) is -3.52. The van der Waals surface area contributed by atoms with E-state index in [4.69, 9.17) is 0 Å². The van der Waals surface area contributed by atoms with Gasteiger partial charge in [-0.15, -0.1) is 0 Å². The van der Waals surface area contributed by atoms with Crippen molar-refractivity contribution < 1.29 is 13.2 Å². The molecule has 0 aliphatic rings. The summed E-state index contributed by atoms with van der Waals surface area (Å²) in [6.07, 6.45) is 1.00. The highest BCUT2D eigenvalue weighted by Gasteiger charge is 2.12. The number of hydrogen-bond acceptors (Lipinski definition) is 4. The number of hydrogen-bond donors (Lipinski definition) is 3. The van der Waals surface area contributed by atoms with Gasteiger partial charge in [0.2, 0.25) is 15.9 Å². The highest BCUT2D eigenvalue weighted by molar-refractivity contribution is 7.89. The summed E-state index contributed by atoms with van der Waals surface area (Å²) >= 11 is 0. The lowest BCUT2D eigenvalue weighted by Gasteiger charge is -2.09. The van der Waals surface area contributed by atoms with Gasteiger partial charge in [0.15, 0.2) is 0 Å². The first-order chi connectivity index (χ1) is 9.45. The monoisotopic (exact) mass is 299 g/mol. The number of sulfonamides is 1. The van der Waals surface area contributed by atoms with Gasteiger partial charge in [0.1, 0.15) is 0 Å². The van der Waals surface area contributed by atoms with Crippen LogP contribution in [0.5, 0.6) is 0 Å². The summed E-state index contributed by atoms with van der Waals surface area (Å²) in [5, 5.41) is 5.70. The third-order valence-electron chi connectivity index (χ3n) is 2.53. The molecule has 0 fully saturated rings. The maximum Gasteiger partial charge on any atom is 0.240 e. The fourth-order valence-electron chi connectivity index (χ4n) is 1.53. The molecule has 0 saturated carbocycles. The second kappa shape index (κ2) is 7.86. The molecule has 7 heteroatoms. The van der Waals surface area contributed by atoms with Gasteiger partial charge >= 0.3 is 0 Å².